The van der Waals surface area contributed by atoms with Crippen molar-refractivity contribution < 1.29 is 23.0 Å². The van der Waals surface area contributed by atoms with Gasteiger partial charge >= 0.3 is 12.1 Å². The number of fused-ring (bicyclic) bond motifs is 2. The second kappa shape index (κ2) is 9.73. The van der Waals surface area contributed by atoms with Gasteiger partial charge in [0, 0.05) is 39.3 Å². The van der Waals surface area contributed by atoms with Gasteiger partial charge in [-0.25, -0.2) is 13.6 Å². The predicted molar refractivity (Wildman–Crippen MR) is 140 cm³/mol. The third-order valence-electron chi connectivity index (χ3n) is 8.10. The van der Waals surface area contributed by atoms with Crippen LogP contribution in [-0.2, 0) is 4.74 Å². The van der Waals surface area contributed by atoms with E-state index in [1.807, 2.05) is 32.7 Å². The van der Waals surface area contributed by atoms with Crippen molar-refractivity contribution in [2.75, 3.05) is 44.7 Å². The highest BCUT2D eigenvalue weighted by atomic mass is 19.1. The number of ether oxygens (including phenoxy) is 2. The van der Waals surface area contributed by atoms with E-state index in [9.17, 15) is 9.18 Å². The summed E-state index contributed by atoms with van der Waals surface area (Å²) < 4.78 is 41.2. The predicted octanol–water partition coefficient (Wildman–Crippen LogP) is 4.12. The minimum Gasteiger partial charge on any atom is -0.461 e. The van der Waals surface area contributed by atoms with E-state index in [1.54, 1.807) is 18.0 Å². The summed E-state index contributed by atoms with van der Waals surface area (Å²) in [5.41, 5.74) is -0.590. The number of likely N-dealkylation sites (N-methyl/N-ethyl adjacent to an activating group) is 1. The van der Waals surface area contributed by atoms with Crippen molar-refractivity contribution in [1.82, 2.24) is 24.8 Å². The number of amides is 1. The number of alkyl halides is 1. The van der Waals surface area contributed by atoms with Crippen LogP contribution < -0.4 is 9.64 Å². The highest BCUT2D eigenvalue weighted by molar-refractivity contribution is 5.90. The van der Waals surface area contributed by atoms with Crippen LogP contribution in [0.1, 0.15) is 52.7 Å². The fourth-order valence-corrected chi connectivity index (χ4v) is 6.18. The van der Waals surface area contributed by atoms with Crippen molar-refractivity contribution in [3.63, 3.8) is 0 Å². The summed E-state index contributed by atoms with van der Waals surface area (Å²) in [6, 6.07) is -0.0362. The molecule has 0 unspecified atom stereocenters. The van der Waals surface area contributed by atoms with Crippen LogP contribution in [0.4, 0.5) is 19.4 Å². The highest BCUT2D eigenvalue weighted by Gasteiger charge is 2.49. The first-order valence-corrected chi connectivity index (χ1v) is 13.4. The van der Waals surface area contributed by atoms with E-state index in [4.69, 9.17) is 14.5 Å². The fraction of sp³-hybridized carbons (Fsp3) is 0.704. The molecule has 0 radical (unpaired) electrons. The van der Waals surface area contributed by atoms with E-state index in [-0.39, 0.29) is 47.4 Å². The maximum absolute atomic E-state index is 15.3. The quantitative estimate of drug-likeness (QED) is 0.569. The number of likely N-dealkylation sites (tertiary alicyclic amines) is 1. The van der Waals surface area contributed by atoms with Crippen LogP contribution in [0.5, 0.6) is 6.01 Å². The molecule has 4 atom stereocenters. The molecular formula is C27H38F2N6O3. The average Bonchev–Trinajstić information content (AvgIpc) is 3.50. The van der Waals surface area contributed by atoms with Crippen molar-refractivity contribution in [2.24, 2.45) is 5.92 Å². The summed E-state index contributed by atoms with van der Waals surface area (Å²) in [5, 5.41) is 0.469. The van der Waals surface area contributed by atoms with Crippen molar-refractivity contribution in [3.05, 3.63) is 17.7 Å². The molecule has 3 saturated heterocycles. The van der Waals surface area contributed by atoms with Gasteiger partial charge in [0.25, 0.3) is 0 Å². The van der Waals surface area contributed by atoms with Gasteiger partial charge in [0.1, 0.15) is 29.7 Å². The first-order valence-electron chi connectivity index (χ1n) is 13.4. The molecular weight excluding hydrogens is 494 g/mol. The minimum atomic E-state index is -0.874. The van der Waals surface area contributed by atoms with Gasteiger partial charge in [0.15, 0.2) is 5.82 Å². The number of aryl methyl sites for hydroxylation is 1. The Hall–Kier alpha value is -2.82. The summed E-state index contributed by atoms with van der Waals surface area (Å²) in [6.45, 7) is 11.7. The molecule has 3 aliphatic rings. The summed E-state index contributed by atoms with van der Waals surface area (Å²) >= 11 is 0. The molecule has 0 N–H and O–H groups in total. The standard InChI is InChI=1S/C27H38F2N6O3/c1-16-12-34(25(36)38-26(3,4)5)14-20(16)33(6)23-19-11-30-17(2)21(29)22(19)31-24(32-23)37-15-27-8-7-9-35(27)13-18(28)10-27/h11,16,18,20H,7-10,12-15H2,1-6H3/t16-,18-,20+,27+/m1/s1. The van der Waals surface area contributed by atoms with Gasteiger partial charge in [-0.1, -0.05) is 6.92 Å². The lowest BCUT2D eigenvalue weighted by molar-refractivity contribution is 0.0287. The molecule has 5 heterocycles. The Morgan fingerprint density at radius 2 is 2.03 bits per heavy atom. The number of hydrogen-bond acceptors (Lipinski definition) is 8. The normalized spacial score (nSPS) is 27.7. The minimum absolute atomic E-state index is 0.0574. The summed E-state index contributed by atoms with van der Waals surface area (Å²) in [4.78, 5) is 31.9. The molecule has 38 heavy (non-hydrogen) atoms. The molecule has 0 saturated carbocycles. The van der Waals surface area contributed by atoms with Gasteiger partial charge in [0.2, 0.25) is 0 Å². The molecule has 0 aromatic carbocycles. The molecule has 3 aliphatic heterocycles. The van der Waals surface area contributed by atoms with Crippen molar-refractivity contribution in [1.29, 1.82) is 0 Å². The zero-order valence-electron chi connectivity index (χ0n) is 23.1. The number of carbonyl (C=O) groups is 1. The fourth-order valence-electron chi connectivity index (χ4n) is 6.18. The Balaban J connectivity index is 1.44. The van der Waals surface area contributed by atoms with Crippen LogP contribution >= 0.6 is 0 Å². The average molecular weight is 533 g/mol. The van der Waals surface area contributed by atoms with Gasteiger partial charge in [-0.05, 0) is 53.0 Å². The second-order valence-electron chi connectivity index (χ2n) is 12.2. The van der Waals surface area contributed by atoms with Crippen LogP contribution in [0.15, 0.2) is 6.20 Å². The third kappa shape index (κ3) is 4.97. The molecule has 0 spiro atoms. The molecule has 3 fully saturated rings. The maximum Gasteiger partial charge on any atom is 0.410 e. The van der Waals surface area contributed by atoms with Gasteiger partial charge in [-0.3, -0.25) is 9.88 Å². The number of hydrogen-bond donors (Lipinski definition) is 0. The molecule has 11 heteroatoms. The first-order chi connectivity index (χ1) is 17.9. The monoisotopic (exact) mass is 532 g/mol. The smallest absolute Gasteiger partial charge is 0.410 e. The number of carbonyl (C=O) groups excluding carboxylic acids is 1. The zero-order valence-corrected chi connectivity index (χ0v) is 23.1. The molecule has 9 nitrogen and oxygen atoms in total. The first kappa shape index (κ1) is 26.8. The largest absolute Gasteiger partial charge is 0.461 e. The van der Waals surface area contributed by atoms with E-state index in [2.05, 4.69) is 21.8 Å². The van der Waals surface area contributed by atoms with Crippen LogP contribution in [0.3, 0.4) is 0 Å². The maximum atomic E-state index is 15.3. The van der Waals surface area contributed by atoms with Gasteiger partial charge < -0.3 is 19.3 Å². The topological polar surface area (TPSA) is 83.9 Å². The van der Waals surface area contributed by atoms with Gasteiger partial charge in [0.05, 0.1) is 22.7 Å². The second-order valence-corrected chi connectivity index (χ2v) is 12.2. The molecule has 0 bridgehead atoms. The Morgan fingerprint density at radius 3 is 2.76 bits per heavy atom. The van der Waals surface area contributed by atoms with Gasteiger partial charge in [-0.15, -0.1) is 0 Å². The Labute approximate surface area is 222 Å². The van der Waals surface area contributed by atoms with Crippen LogP contribution in [0.25, 0.3) is 10.9 Å². The lowest BCUT2D eigenvalue weighted by Gasteiger charge is -2.31. The van der Waals surface area contributed by atoms with E-state index in [0.717, 1.165) is 19.4 Å². The summed E-state index contributed by atoms with van der Waals surface area (Å²) in [5.74, 6) is 0.0653. The molecule has 2 aromatic heterocycles. The van der Waals surface area contributed by atoms with Crippen LogP contribution in [0, 0.1) is 18.7 Å². The van der Waals surface area contributed by atoms with Crippen LogP contribution in [0.2, 0.25) is 0 Å². The molecule has 208 valence electrons. The van der Waals surface area contributed by atoms with E-state index in [0.29, 0.717) is 37.3 Å². The van der Waals surface area contributed by atoms with Crippen molar-refractivity contribution >= 4 is 22.8 Å². The Morgan fingerprint density at radius 1 is 1.26 bits per heavy atom. The third-order valence-corrected chi connectivity index (χ3v) is 8.10. The van der Waals surface area contributed by atoms with E-state index in [1.165, 1.54) is 0 Å². The summed E-state index contributed by atoms with van der Waals surface area (Å²) in [7, 11) is 1.88. The molecule has 5 rings (SSSR count). The van der Waals surface area contributed by atoms with E-state index >= 15 is 4.39 Å². The van der Waals surface area contributed by atoms with Crippen molar-refractivity contribution in [2.45, 2.75) is 77.2 Å². The summed E-state index contributed by atoms with van der Waals surface area (Å²) in [6.07, 6.45) is 2.62. The number of pyridine rings is 1. The molecule has 2 aromatic rings. The number of rotatable bonds is 5. The lowest BCUT2D eigenvalue weighted by Crippen LogP contribution is -2.43. The lowest BCUT2D eigenvalue weighted by atomic mass is 9.95. The Bertz CT molecular complexity index is 1220. The number of aromatic nitrogens is 3. The molecule has 1 amide bonds. The Kier molecular flexibility index (Phi) is 6.86. The van der Waals surface area contributed by atoms with Gasteiger partial charge in [-0.2, -0.15) is 9.97 Å². The van der Waals surface area contributed by atoms with Crippen LogP contribution in [-0.4, -0.2) is 94.0 Å². The molecule has 0 aliphatic carbocycles. The number of halogens is 2. The SMILES string of the molecule is Cc1ncc2c(N(C)[C@H]3CN(C(=O)OC(C)(C)C)C[C@H]3C)nc(OC[C@@]34CCCN3C[C@H](F)C4)nc2c1F. The van der Waals surface area contributed by atoms with Crippen molar-refractivity contribution in [3.8, 4) is 6.01 Å². The van der Waals surface area contributed by atoms with E-state index < -0.39 is 17.6 Å². The zero-order chi connectivity index (χ0) is 27.4. The highest BCUT2D eigenvalue weighted by Crippen LogP contribution is 2.40. The number of nitrogens with zero attached hydrogens (tertiary/aromatic N) is 6. The number of anilines is 1.